The van der Waals surface area contributed by atoms with Crippen LogP contribution in [0.3, 0.4) is 0 Å². The number of hydrogen-bond acceptors (Lipinski definition) is 4. The van der Waals surface area contributed by atoms with Gasteiger partial charge in [-0.1, -0.05) is 29.8 Å². The third-order valence-electron chi connectivity index (χ3n) is 3.97. The van der Waals surface area contributed by atoms with Crippen molar-refractivity contribution in [1.82, 2.24) is 15.6 Å². The number of aliphatic imine (C=N–C) groups is 1. The van der Waals surface area contributed by atoms with Crippen LogP contribution in [0, 0.1) is 6.92 Å². The summed E-state index contributed by atoms with van der Waals surface area (Å²) in [6.07, 6.45) is 2.60. The number of aryl methyl sites for hydroxylation is 1. The SMILES string of the molecule is CCNC(=NCc1ccc(Cl)nc1)NCc1ccc(C)cc1OCCCOC.I. The number of methoxy groups -OCH3 is 1. The molecule has 0 fully saturated rings. The average molecular weight is 533 g/mol. The second-order valence-corrected chi connectivity index (χ2v) is 6.73. The molecule has 1 aromatic carbocycles. The third-order valence-corrected chi connectivity index (χ3v) is 4.20. The number of benzene rings is 1. The molecule has 0 radical (unpaired) electrons. The van der Waals surface area contributed by atoms with E-state index in [1.165, 1.54) is 5.56 Å². The van der Waals surface area contributed by atoms with Gasteiger partial charge in [0.05, 0.1) is 13.2 Å². The molecular weight excluding hydrogens is 503 g/mol. The fraction of sp³-hybridized carbons (Fsp3) is 0.429. The molecule has 0 amide bonds. The topological polar surface area (TPSA) is 67.8 Å². The second kappa shape index (κ2) is 14.4. The van der Waals surface area contributed by atoms with Crippen LogP contribution in [0.15, 0.2) is 41.5 Å². The highest BCUT2D eigenvalue weighted by Crippen LogP contribution is 2.20. The van der Waals surface area contributed by atoms with Gasteiger partial charge in [0.25, 0.3) is 0 Å². The number of pyridine rings is 1. The van der Waals surface area contributed by atoms with Gasteiger partial charge in [-0.15, -0.1) is 24.0 Å². The summed E-state index contributed by atoms with van der Waals surface area (Å²) in [5, 5.41) is 7.11. The Balaban J connectivity index is 0.00000420. The predicted octanol–water partition coefficient (Wildman–Crippen LogP) is 4.33. The van der Waals surface area contributed by atoms with Crippen LogP contribution >= 0.6 is 35.6 Å². The van der Waals surface area contributed by atoms with Gasteiger partial charge in [-0.25, -0.2) is 9.98 Å². The monoisotopic (exact) mass is 532 g/mol. The number of guanidine groups is 1. The molecule has 0 aliphatic rings. The van der Waals surface area contributed by atoms with Crippen LogP contribution in [-0.2, 0) is 17.8 Å². The number of halogens is 2. The van der Waals surface area contributed by atoms with Gasteiger partial charge in [-0.3, -0.25) is 0 Å². The minimum absolute atomic E-state index is 0. The molecule has 1 heterocycles. The summed E-state index contributed by atoms with van der Waals surface area (Å²) < 4.78 is 11.0. The lowest BCUT2D eigenvalue weighted by molar-refractivity contribution is 0.172. The van der Waals surface area contributed by atoms with Gasteiger partial charge in [0, 0.05) is 45.0 Å². The predicted molar refractivity (Wildman–Crippen MR) is 129 cm³/mol. The second-order valence-electron chi connectivity index (χ2n) is 6.34. The lowest BCUT2D eigenvalue weighted by Gasteiger charge is -2.15. The van der Waals surface area contributed by atoms with Gasteiger partial charge >= 0.3 is 0 Å². The van der Waals surface area contributed by atoms with Crippen molar-refractivity contribution in [2.45, 2.75) is 33.4 Å². The van der Waals surface area contributed by atoms with E-state index in [0.717, 1.165) is 35.8 Å². The van der Waals surface area contributed by atoms with E-state index in [1.807, 2.05) is 13.0 Å². The fourth-order valence-corrected chi connectivity index (χ4v) is 2.63. The van der Waals surface area contributed by atoms with Crippen molar-refractivity contribution >= 4 is 41.5 Å². The molecule has 2 aromatic rings. The standard InChI is InChI=1S/C21H29ClN4O2.HI/c1-4-23-21(25-14-17-7-9-20(22)24-13-17)26-15-18-8-6-16(2)12-19(18)28-11-5-10-27-3;/h6-9,12-13H,4-5,10-11,14-15H2,1-3H3,(H2,23,25,26);1H. The quantitative estimate of drug-likeness (QED) is 0.157. The zero-order chi connectivity index (χ0) is 20.2. The molecule has 0 aliphatic heterocycles. The Morgan fingerprint density at radius 3 is 2.69 bits per heavy atom. The number of ether oxygens (including phenoxy) is 2. The zero-order valence-corrected chi connectivity index (χ0v) is 20.3. The molecule has 0 unspecified atom stereocenters. The van der Waals surface area contributed by atoms with Crippen LogP contribution < -0.4 is 15.4 Å². The first kappa shape index (κ1) is 25.5. The van der Waals surface area contributed by atoms with Crippen molar-refractivity contribution in [1.29, 1.82) is 0 Å². The molecule has 2 rings (SSSR count). The summed E-state index contributed by atoms with van der Waals surface area (Å²) in [4.78, 5) is 8.70. The summed E-state index contributed by atoms with van der Waals surface area (Å²) in [7, 11) is 1.70. The van der Waals surface area contributed by atoms with Crippen LogP contribution in [0.25, 0.3) is 0 Å². The molecule has 0 atom stereocenters. The number of nitrogens with zero attached hydrogens (tertiary/aromatic N) is 2. The van der Waals surface area contributed by atoms with Crippen LogP contribution in [0.1, 0.15) is 30.0 Å². The Kier molecular flexibility index (Phi) is 12.6. The van der Waals surface area contributed by atoms with Gasteiger partial charge in [-0.2, -0.15) is 0 Å². The molecule has 0 saturated carbocycles. The smallest absolute Gasteiger partial charge is 0.191 e. The molecule has 6 nitrogen and oxygen atoms in total. The van der Waals surface area contributed by atoms with E-state index < -0.39 is 0 Å². The number of aromatic nitrogens is 1. The maximum absolute atomic E-state index is 5.95. The normalized spacial score (nSPS) is 11.0. The Morgan fingerprint density at radius 2 is 2.00 bits per heavy atom. The summed E-state index contributed by atoms with van der Waals surface area (Å²) >= 11 is 5.83. The van der Waals surface area contributed by atoms with Gasteiger partial charge in [-0.05, 0) is 37.1 Å². The maximum Gasteiger partial charge on any atom is 0.191 e. The van der Waals surface area contributed by atoms with Crippen molar-refractivity contribution in [2.75, 3.05) is 26.9 Å². The Morgan fingerprint density at radius 1 is 1.17 bits per heavy atom. The van der Waals surface area contributed by atoms with Gasteiger partial charge in [0.2, 0.25) is 0 Å². The van der Waals surface area contributed by atoms with Crippen molar-refractivity contribution in [3.05, 3.63) is 58.4 Å². The van der Waals surface area contributed by atoms with Crippen molar-refractivity contribution in [2.24, 2.45) is 4.99 Å². The maximum atomic E-state index is 5.95. The molecule has 2 N–H and O–H groups in total. The Labute approximate surface area is 195 Å². The Bertz CT molecular complexity index is 757. The molecule has 0 aliphatic carbocycles. The molecule has 0 spiro atoms. The highest BCUT2D eigenvalue weighted by molar-refractivity contribution is 14.0. The van der Waals surface area contributed by atoms with Gasteiger partial charge in [0.15, 0.2) is 5.96 Å². The van der Waals surface area contributed by atoms with E-state index in [1.54, 1.807) is 19.4 Å². The van der Waals surface area contributed by atoms with E-state index in [2.05, 4.69) is 45.7 Å². The van der Waals surface area contributed by atoms with Crippen molar-refractivity contribution < 1.29 is 9.47 Å². The lowest BCUT2D eigenvalue weighted by atomic mass is 10.1. The Hall–Kier alpha value is -1.58. The summed E-state index contributed by atoms with van der Waals surface area (Å²) in [6, 6.07) is 9.93. The minimum Gasteiger partial charge on any atom is -0.493 e. The average Bonchev–Trinajstić information content (AvgIpc) is 2.69. The molecular formula is C21H30ClIN4O2. The summed E-state index contributed by atoms with van der Waals surface area (Å²) in [5.41, 5.74) is 3.25. The van der Waals surface area contributed by atoms with E-state index in [4.69, 9.17) is 21.1 Å². The molecule has 8 heteroatoms. The summed E-state index contributed by atoms with van der Waals surface area (Å²) in [5.74, 6) is 1.63. The number of hydrogen-bond donors (Lipinski definition) is 2. The van der Waals surface area contributed by atoms with Gasteiger partial charge < -0.3 is 20.1 Å². The van der Waals surface area contributed by atoms with E-state index in [0.29, 0.717) is 31.5 Å². The lowest BCUT2D eigenvalue weighted by Crippen LogP contribution is -2.36. The van der Waals surface area contributed by atoms with Crippen LogP contribution in [0.4, 0.5) is 0 Å². The number of nitrogens with one attached hydrogen (secondary N) is 2. The first-order valence-electron chi connectivity index (χ1n) is 9.46. The molecule has 160 valence electrons. The highest BCUT2D eigenvalue weighted by Gasteiger charge is 2.06. The van der Waals surface area contributed by atoms with Crippen molar-refractivity contribution in [3.8, 4) is 5.75 Å². The van der Waals surface area contributed by atoms with E-state index in [-0.39, 0.29) is 24.0 Å². The first-order valence-corrected chi connectivity index (χ1v) is 9.84. The molecule has 0 bridgehead atoms. The number of rotatable bonds is 10. The fourth-order valence-electron chi connectivity index (χ4n) is 2.52. The van der Waals surface area contributed by atoms with Crippen LogP contribution in [0.2, 0.25) is 5.15 Å². The zero-order valence-electron chi connectivity index (χ0n) is 17.2. The minimum atomic E-state index is 0. The van der Waals surface area contributed by atoms with Crippen LogP contribution in [-0.4, -0.2) is 37.8 Å². The van der Waals surface area contributed by atoms with Crippen molar-refractivity contribution in [3.63, 3.8) is 0 Å². The van der Waals surface area contributed by atoms with Crippen LogP contribution in [0.5, 0.6) is 5.75 Å². The van der Waals surface area contributed by atoms with E-state index >= 15 is 0 Å². The first-order chi connectivity index (χ1) is 13.6. The third kappa shape index (κ3) is 9.64. The molecule has 1 aromatic heterocycles. The summed E-state index contributed by atoms with van der Waals surface area (Å²) in [6.45, 7) is 7.33. The molecule has 29 heavy (non-hydrogen) atoms. The molecule has 0 saturated heterocycles. The van der Waals surface area contributed by atoms with Gasteiger partial charge in [0.1, 0.15) is 10.9 Å². The van der Waals surface area contributed by atoms with E-state index in [9.17, 15) is 0 Å². The largest absolute Gasteiger partial charge is 0.493 e. The highest BCUT2D eigenvalue weighted by atomic mass is 127.